The third-order valence-electron chi connectivity index (χ3n) is 3.60. The molecule has 3 rings (SSSR count). The van der Waals surface area contributed by atoms with Crippen LogP contribution in [0.2, 0.25) is 0 Å². The Morgan fingerprint density at radius 1 is 1.33 bits per heavy atom. The van der Waals surface area contributed by atoms with Gasteiger partial charge >= 0.3 is 5.97 Å². The first-order chi connectivity index (χ1) is 10.1. The maximum atomic E-state index is 12.2. The number of carbonyl (C=O) groups excluding carboxylic acids is 1. The first kappa shape index (κ1) is 13.8. The predicted molar refractivity (Wildman–Crippen MR) is 78.7 cm³/mol. The highest BCUT2D eigenvalue weighted by molar-refractivity contribution is 7.10. The number of hydrogen-bond acceptors (Lipinski definition) is 4. The largest absolute Gasteiger partial charge is 0.478 e. The van der Waals surface area contributed by atoms with Crippen molar-refractivity contribution in [2.75, 3.05) is 0 Å². The Hall–Kier alpha value is -2.21. The molecule has 1 aliphatic carbocycles. The van der Waals surface area contributed by atoms with Crippen molar-refractivity contribution in [1.29, 1.82) is 0 Å². The fourth-order valence-corrected chi connectivity index (χ4v) is 3.51. The highest BCUT2D eigenvalue weighted by Crippen LogP contribution is 2.33. The van der Waals surface area contributed by atoms with Gasteiger partial charge in [0.05, 0.1) is 11.6 Å². The molecule has 1 amide bonds. The van der Waals surface area contributed by atoms with Crippen LogP contribution in [0.25, 0.3) is 0 Å². The minimum atomic E-state index is -1.05. The molecule has 0 spiro atoms. The molecule has 2 N–H and O–H groups in total. The summed E-state index contributed by atoms with van der Waals surface area (Å²) in [6.45, 7) is 0. The number of nitrogens with one attached hydrogen (secondary N) is 1. The highest BCUT2D eigenvalue weighted by Gasteiger charge is 2.23. The van der Waals surface area contributed by atoms with Gasteiger partial charge in [0, 0.05) is 11.1 Å². The Labute approximate surface area is 125 Å². The summed E-state index contributed by atoms with van der Waals surface area (Å²) in [5.74, 6) is -1.32. The minimum Gasteiger partial charge on any atom is -0.478 e. The van der Waals surface area contributed by atoms with E-state index >= 15 is 0 Å². The van der Waals surface area contributed by atoms with Crippen molar-refractivity contribution >= 4 is 23.2 Å². The van der Waals surface area contributed by atoms with Crippen LogP contribution >= 0.6 is 11.3 Å². The first-order valence-corrected chi connectivity index (χ1v) is 7.59. The number of hydrogen-bond donors (Lipinski definition) is 2. The maximum Gasteiger partial charge on any atom is 0.337 e. The topological polar surface area (TPSA) is 79.3 Å². The lowest BCUT2D eigenvalue weighted by Gasteiger charge is -2.23. The van der Waals surface area contributed by atoms with E-state index in [0.29, 0.717) is 0 Å². The molecule has 1 aliphatic rings. The van der Waals surface area contributed by atoms with Crippen molar-refractivity contribution in [3.8, 4) is 0 Å². The van der Waals surface area contributed by atoms with Crippen molar-refractivity contribution in [3.05, 3.63) is 51.5 Å². The number of thiophene rings is 1. The zero-order chi connectivity index (χ0) is 14.8. The van der Waals surface area contributed by atoms with Crippen LogP contribution in [0.3, 0.4) is 0 Å². The second-order valence-corrected chi connectivity index (χ2v) is 5.96. The average molecular weight is 302 g/mol. The van der Waals surface area contributed by atoms with E-state index in [1.165, 1.54) is 28.8 Å². The van der Waals surface area contributed by atoms with E-state index in [1.807, 2.05) is 0 Å². The van der Waals surface area contributed by atoms with E-state index < -0.39 is 5.97 Å². The van der Waals surface area contributed by atoms with Gasteiger partial charge < -0.3 is 10.4 Å². The third-order valence-corrected chi connectivity index (χ3v) is 4.60. The second kappa shape index (κ2) is 5.65. The molecule has 0 fully saturated rings. The molecule has 5 nitrogen and oxygen atoms in total. The Balaban J connectivity index is 1.74. The van der Waals surface area contributed by atoms with Crippen molar-refractivity contribution in [1.82, 2.24) is 10.3 Å². The van der Waals surface area contributed by atoms with Gasteiger partial charge in [0.15, 0.2) is 0 Å². The number of carboxylic acid groups (broad SMARTS) is 1. The molecule has 0 aliphatic heterocycles. The molecule has 1 unspecified atom stereocenters. The van der Waals surface area contributed by atoms with E-state index in [0.717, 1.165) is 19.3 Å². The number of rotatable bonds is 3. The lowest BCUT2D eigenvalue weighted by Crippen LogP contribution is -2.31. The fraction of sp³-hybridized carbons (Fsp3) is 0.267. The van der Waals surface area contributed by atoms with E-state index in [-0.39, 0.29) is 23.2 Å². The van der Waals surface area contributed by atoms with Crippen molar-refractivity contribution in [2.24, 2.45) is 0 Å². The van der Waals surface area contributed by atoms with Crippen LogP contribution in [0, 0.1) is 0 Å². The van der Waals surface area contributed by atoms with Crippen molar-refractivity contribution < 1.29 is 14.7 Å². The number of aromatic carboxylic acids is 1. The van der Waals surface area contributed by atoms with Gasteiger partial charge in [0.25, 0.3) is 5.91 Å². The zero-order valence-electron chi connectivity index (χ0n) is 11.2. The zero-order valence-corrected chi connectivity index (χ0v) is 12.0. The summed E-state index contributed by atoms with van der Waals surface area (Å²) >= 11 is 1.72. The number of carboxylic acids is 1. The van der Waals surface area contributed by atoms with Gasteiger partial charge in [0.1, 0.15) is 5.69 Å². The summed E-state index contributed by atoms with van der Waals surface area (Å²) in [5, 5.41) is 13.9. The average Bonchev–Trinajstić information content (AvgIpc) is 2.97. The number of aromatic nitrogens is 1. The molecule has 1 atom stereocenters. The molecule has 108 valence electrons. The molecule has 0 radical (unpaired) electrons. The molecule has 0 aromatic carbocycles. The van der Waals surface area contributed by atoms with E-state index in [4.69, 9.17) is 5.11 Å². The van der Waals surface area contributed by atoms with E-state index in [9.17, 15) is 9.59 Å². The Kier molecular flexibility index (Phi) is 3.70. The van der Waals surface area contributed by atoms with E-state index in [2.05, 4.69) is 21.7 Å². The van der Waals surface area contributed by atoms with Gasteiger partial charge in [-0.1, -0.05) is 0 Å². The van der Waals surface area contributed by atoms with Crippen LogP contribution in [-0.2, 0) is 6.42 Å². The van der Waals surface area contributed by atoms with Crippen LogP contribution in [0.15, 0.2) is 29.8 Å². The molecule has 6 heteroatoms. The Bertz CT molecular complexity index is 678. The molecule has 2 aromatic rings. The van der Waals surface area contributed by atoms with Crippen LogP contribution in [-0.4, -0.2) is 22.0 Å². The number of aryl methyl sites for hydroxylation is 1. The molecule has 0 bridgehead atoms. The monoisotopic (exact) mass is 302 g/mol. The molecule has 0 saturated carbocycles. The third kappa shape index (κ3) is 2.80. The summed E-state index contributed by atoms with van der Waals surface area (Å²) in [6.07, 6.45) is 4.26. The number of pyridine rings is 1. The van der Waals surface area contributed by atoms with Crippen LogP contribution in [0.1, 0.15) is 50.2 Å². The molecular formula is C15H14N2O3S. The SMILES string of the molecule is O=C(O)c1ccc(C(=O)NC2CCCc3sccc32)nc1. The fourth-order valence-electron chi connectivity index (χ4n) is 2.52. The van der Waals surface area contributed by atoms with Crippen LogP contribution < -0.4 is 5.32 Å². The molecule has 0 saturated heterocycles. The molecular weight excluding hydrogens is 288 g/mol. The van der Waals surface area contributed by atoms with Crippen molar-refractivity contribution in [3.63, 3.8) is 0 Å². The Morgan fingerprint density at radius 2 is 2.19 bits per heavy atom. The molecule has 2 heterocycles. The summed E-state index contributed by atoms with van der Waals surface area (Å²) < 4.78 is 0. The maximum absolute atomic E-state index is 12.2. The molecule has 21 heavy (non-hydrogen) atoms. The molecule has 2 aromatic heterocycles. The van der Waals surface area contributed by atoms with Gasteiger partial charge in [0.2, 0.25) is 0 Å². The van der Waals surface area contributed by atoms with Crippen molar-refractivity contribution in [2.45, 2.75) is 25.3 Å². The first-order valence-electron chi connectivity index (χ1n) is 6.71. The number of carbonyl (C=O) groups is 2. The summed E-state index contributed by atoms with van der Waals surface area (Å²) in [4.78, 5) is 28.2. The lowest BCUT2D eigenvalue weighted by atomic mass is 9.94. The van der Waals surface area contributed by atoms with Gasteiger partial charge in [-0.25, -0.2) is 4.79 Å². The number of nitrogens with zero attached hydrogens (tertiary/aromatic N) is 1. The standard InChI is InChI=1S/C15H14N2O3S/c18-14(12-5-4-9(8-16-12)15(19)20)17-11-2-1-3-13-10(11)6-7-21-13/h4-8,11H,1-3H2,(H,17,18)(H,19,20). The van der Waals surface area contributed by atoms with E-state index in [1.54, 1.807) is 11.3 Å². The normalized spacial score (nSPS) is 17.0. The second-order valence-electron chi connectivity index (χ2n) is 4.95. The minimum absolute atomic E-state index is 0.0217. The number of fused-ring (bicyclic) bond motifs is 1. The quantitative estimate of drug-likeness (QED) is 0.913. The summed E-state index contributed by atoms with van der Waals surface area (Å²) in [6, 6.07) is 4.91. The van der Waals surface area contributed by atoms with Gasteiger partial charge in [-0.05, 0) is 48.4 Å². The van der Waals surface area contributed by atoms with Crippen LogP contribution in [0.4, 0.5) is 0 Å². The number of amides is 1. The van der Waals surface area contributed by atoms with Gasteiger partial charge in [-0.15, -0.1) is 11.3 Å². The van der Waals surface area contributed by atoms with Gasteiger partial charge in [-0.3, -0.25) is 9.78 Å². The predicted octanol–water partition coefficient (Wildman–Crippen LogP) is 2.65. The lowest BCUT2D eigenvalue weighted by molar-refractivity contribution is 0.0695. The van der Waals surface area contributed by atoms with Gasteiger partial charge in [-0.2, -0.15) is 0 Å². The Morgan fingerprint density at radius 3 is 2.90 bits per heavy atom. The summed E-state index contributed by atoms with van der Waals surface area (Å²) in [7, 11) is 0. The van der Waals surface area contributed by atoms with Crippen LogP contribution in [0.5, 0.6) is 0 Å². The highest BCUT2D eigenvalue weighted by atomic mass is 32.1. The smallest absolute Gasteiger partial charge is 0.337 e. The summed E-state index contributed by atoms with van der Waals surface area (Å²) in [5.41, 5.74) is 1.51.